The van der Waals surface area contributed by atoms with E-state index in [-0.39, 0.29) is 0 Å². The smallest absolute Gasteiger partial charge is 0.224 e. The standard InChI is InChI=1S/C22H28N6O/c1-2-4-20-18(3-1)15-24-28(20)21-9-10-23-22(26-21)25-19-7-5-17(6-8-19)16-27-11-13-29-14-12-27/h1-4,9-10,15,17,19H,5-8,11-14,16H2,(H,23,25,26). The third-order valence-electron chi connectivity index (χ3n) is 6.14. The molecule has 7 heteroatoms. The minimum absolute atomic E-state index is 0.445. The SMILES string of the molecule is c1ccc2c(c1)cnn2-c1ccnc(NC2CCC(CN3CCOCC3)CC2)n1. The maximum absolute atomic E-state index is 5.46. The van der Waals surface area contributed by atoms with E-state index < -0.39 is 0 Å². The highest BCUT2D eigenvalue weighted by Crippen LogP contribution is 2.27. The van der Waals surface area contributed by atoms with E-state index in [4.69, 9.17) is 9.72 Å². The summed E-state index contributed by atoms with van der Waals surface area (Å²) >= 11 is 0. The van der Waals surface area contributed by atoms with E-state index in [0.717, 1.165) is 48.9 Å². The summed E-state index contributed by atoms with van der Waals surface area (Å²) in [6.45, 7) is 5.16. The highest BCUT2D eigenvalue weighted by molar-refractivity contribution is 5.79. The maximum atomic E-state index is 5.46. The van der Waals surface area contributed by atoms with Crippen molar-refractivity contribution in [3.05, 3.63) is 42.7 Å². The summed E-state index contributed by atoms with van der Waals surface area (Å²) in [7, 11) is 0. The Kier molecular flexibility index (Phi) is 5.41. The summed E-state index contributed by atoms with van der Waals surface area (Å²) in [5.41, 5.74) is 1.06. The van der Waals surface area contributed by atoms with E-state index in [1.807, 2.05) is 35.3 Å². The van der Waals surface area contributed by atoms with E-state index in [1.165, 1.54) is 32.2 Å². The lowest BCUT2D eigenvalue weighted by Gasteiger charge is -2.34. The van der Waals surface area contributed by atoms with Crippen molar-refractivity contribution in [3.63, 3.8) is 0 Å². The quantitative estimate of drug-likeness (QED) is 0.720. The second-order valence-electron chi connectivity index (χ2n) is 8.13. The van der Waals surface area contributed by atoms with Crippen LogP contribution >= 0.6 is 0 Å². The zero-order valence-corrected chi connectivity index (χ0v) is 16.7. The fourth-order valence-electron chi connectivity index (χ4n) is 4.51. The van der Waals surface area contributed by atoms with Crippen LogP contribution in [0.5, 0.6) is 0 Å². The molecule has 1 aliphatic carbocycles. The molecule has 0 bridgehead atoms. The fourth-order valence-corrected chi connectivity index (χ4v) is 4.51. The molecular formula is C22H28N6O. The fraction of sp³-hybridized carbons (Fsp3) is 0.500. The van der Waals surface area contributed by atoms with Crippen molar-refractivity contribution in [2.75, 3.05) is 38.2 Å². The molecule has 3 heterocycles. The van der Waals surface area contributed by atoms with Gasteiger partial charge in [-0.2, -0.15) is 10.1 Å². The van der Waals surface area contributed by atoms with Crippen molar-refractivity contribution in [2.24, 2.45) is 5.92 Å². The van der Waals surface area contributed by atoms with Crippen molar-refractivity contribution in [3.8, 4) is 5.82 Å². The molecule has 2 aromatic heterocycles. The van der Waals surface area contributed by atoms with Gasteiger partial charge in [0, 0.05) is 43.3 Å². The number of anilines is 1. The van der Waals surface area contributed by atoms with Crippen LogP contribution in [0, 0.1) is 5.92 Å². The van der Waals surface area contributed by atoms with Crippen LogP contribution in [-0.2, 0) is 4.74 Å². The van der Waals surface area contributed by atoms with Crippen LogP contribution in [0.3, 0.4) is 0 Å². The van der Waals surface area contributed by atoms with Crippen LogP contribution in [0.1, 0.15) is 25.7 Å². The number of fused-ring (bicyclic) bond motifs is 1. The summed E-state index contributed by atoms with van der Waals surface area (Å²) in [6, 6.07) is 10.5. The highest BCUT2D eigenvalue weighted by Gasteiger charge is 2.24. The lowest BCUT2D eigenvalue weighted by atomic mass is 9.85. The van der Waals surface area contributed by atoms with Gasteiger partial charge in [0.05, 0.1) is 24.9 Å². The molecule has 0 amide bonds. The third-order valence-corrected chi connectivity index (χ3v) is 6.14. The van der Waals surface area contributed by atoms with E-state index in [1.54, 1.807) is 0 Å². The second-order valence-corrected chi connectivity index (χ2v) is 8.13. The summed E-state index contributed by atoms with van der Waals surface area (Å²) in [4.78, 5) is 11.7. The molecule has 1 N–H and O–H groups in total. The highest BCUT2D eigenvalue weighted by atomic mass is 16.5. The number of morpholine rings is 1. The first-order valence-corrected chi connectivity index (χ1v) is 10.7. The number of nitrogens with zero attached hydrogens (tertiary/aromatic N) is 5. The van der Waals surface area contributed by atoms with Crippen molar-refractivity contribution < 1.29 is 4.74 Å². The molecule has 1 aromatic carbocycles. The first-order valence-electron chi connectivity index (χ1n) is 10.7. The largest absolute Gasteiger partial charge is 0.379 e. The van der Waals surface area contributed by atoms with E-state index >= 15 is 0 Å². The van der Waals surface area contributed by atoms with Gasteiger partial charge < -0.3 is 10.1 Å². The van der Waals surface area contributed by atoms with Gasteiger partial charge in [-0.1, -0.05) is 18.2 Å². The average molecular weight is 393 g/mol. The van der Waals surface area contributed by atoms with E-state index in [2.05, 4.69) is 32.4 Å². The van der Waals surface area contributed by atoms with Crippen molar-refractivity contribution in [1.29, 1.82) is 0 Å². The number of nitrogens with one attached hydrogen (secondary N) is 1. The minimum Gasteiger partial charge on any atom is -0.379 e. The molecular weight excluding hydrogens is 364 g/mol. The molecule has 1 aliphatic heterocycles. The Hall–Kier alpha value is -2.51. The third kappa shape index (κ3) is 4.26. The number of aromatic nitrogens is 4. The number of ether oxygens (including phenoxy) is 1. The van der Waals surface area contributed by atoms with Crippen LogP contribution in [0.25, 0.3) is 16.7 Å². The zero-order valence-electron chi connectivity index (χ0n) is 16.7. The summed E-state index contributed by atoms with van der Waals surface area (Å²) < 4.78 is 7.34. The predicted octanol–water partition coefficient (Wildman–Crippen LogP) is 3.12. The monoisotopic (exact) mass is 392 g/mol. The van der Waals surface area contributed by atoms with Crippen molar-refractivity contribution >= 4 is 16.9 Å². The minimum atomic E-state index is 0.445. The van der Waals surface area contributed by atoms with Crippen LogP contribution in [0.2, 0.25) is 0 Å². The Bertz CT molecular complexity index is 943. The van der Waals surface area contributed by atoms with Gasteiger partial charge in [-0.3, -0.25) is 4.90 Å². The number of rotatable bonds is 5. The Morgan fingerprint density at radius 3 is 2.72 bits per heavy atom. The Balaban J connectivity index is 1.20. The molecule has 5 rings (SSSR count). The molecule has 3 aromatic rings. The van der Waals surface area contributed by atoms with Gasteiger partial charge >= 0.3 is 0 Å². The Morgan fingerprint density at radius 1 is 1.03 bits per heavy atom. The molecule has 0 atom stereocenters. The van der Waals surface area contributed by atoms with Crippen LogP contribution in [-0.4, -0.2) is 63.5 Å². The van der Waals surface area contributed by atoms with Gasteiger partial charge in [-0.15, -0.1) is 0 Å². The molecule has 2 aliphatic rings. The van der Waals surface area contributed by atoms with E-state index in [0.29, 0.717) is 12.0 Å². The topological polar surface area (TPSA) is 68.1 Å². The summed E-state index contributed by atoms with van der Waals surface area (Å²) in [6.07, 6.45) is 8.56. The number of hydrogen-bond donors (Lipinski definition) is 1. The zero-order chi connectivity index (χ0) is 19.5. The number of hydrogen-bond acceptors (Lipinski definition) is 6. The Morgan fingerprint density at radius 2 is 1.86 bits per heavy atom. The number of benzene rings is 1. The molecule has 1 saturated heterocycles. The maximum Gasteiger partial charge on any atom is 0.224 e. The molecule has 152 valence electrons. The molecule has 7 nitrogen and oxygen atoms in total. The van der Waals surface area contributed by atoms with Gasteiger partial charge in [0.2, 0.25) is 5.95 Å². The molecule has 1 saturated carbocycles. The average Bonchev–Trinajstić information content (AvgIpc) is 3.20. The van der Waals surface area contributed by atoms with Crippen LogP contribution in [0.4, 0.5) is 5.95 Å². The molecule has 2 fully saturated rings. The van der Waals surface area contributed by atoms with Gasteiger partial charge in [0.25, 0.3) is 0 Å². The van der Waals surface area contributed by atoms with Crippen molar-refractivity contribution in [2.45, 2.75) is 31.7 Å². The summed E-state index contributed by atoms with van der Waals surface area (Å²) in [5, 5.41) is 9.17. The summed E-state index contributed by atoms with van der Waals surface area (Å²) in [5.74, 6) is 2.29. The molecule has 0 radical (unpaired) electrons. The van der Waals surface area contributed by atoms with Gasteiger partial charge in [-0.25, -0.2) is 9.67 Å². The second kappa shape index (κ2) is 8.47. The molecule has 29 heavy (non-hydrogen) atoms. The van der Waals surface area contributed by atoms with Crippen LogP contribution < -0.4 is 5.32 Å². The van der Waals surface area contributed by atoms with Gasteiger partial charge in [-0.05, 0) is 37.7 Å². The van der Waals surface area contributed by atoms with Crippen molar-refractivity contribution in [1.82, 2.24) is 24.6 Å². The van der Waals surface area contributed by atoms with E-state index in [9.17, 15) is 0 Å². The Labute approximate surface area is 171 Å². The number of para-hydroxylation sites is 1. The van der Waals surface area contributed by atoms with Gasteiger partial charge in [0.1, 0.15) is 0 Å². The molecule has 0 unspecified atom stereocenters. The van der Waals surface area contributed by atoms with Gasteiger partial charge in [0.15, 0.2) is 5.82 Å². The first-order chi connectivity index (χ1) is 14.3. The normalized spacial score (nSPS) is 23.3. The molecule has 0 spiro atoms. The lowest BCUT2D eigenvalue weighted by molar-refractivity contribution is 0.0276. The predicted molar refractivity (Wildman–Crippen MR) is 113 cm³/mol. The first kappa shape index (κ1) is 18.5. The van der Waals surface area contributed by atoms with Crippen LogP contribution in [0.15, 0.2) is 42.7 Å². The lowest BCUT2D eigenvalue weighted by Crippen LogP contribution is -2.40.